The van der Waals surface area contributed by atoms with Gasteiger partial charge >= 0.3 is 0 Å². The van der Waals surface area contributed by atoms with E-state index in [9.17, 15) is 13.2 Å². The zero-order chi connectivity index (χ0) is 17.4. The van der Waals surface area contributed by atoms with Crippen molar-refractivity contribution >= 4 is 22.1 Å². The Morgan fingerprint density at radius 2 is 1.87 bits per heavy atom. The van der Waals surface area contributed by atoms with Crippen LogP contribution in [0.5, 0.6) is 0 Å². The number of hydrogen-bond acceptors (Lipinski definition) is 3. The molecule has 1 aliphatic rings. The fourth-order valence-electron chi connectivity index (χ4n) is 2.92. The predicted octanol–water partition coefficient (Wildman–Crippen LogP) is 2.26. The molecule has 1 amide bonds. The molecule has 0 saturated carbocycles. The van der Waals surface area contributed by atoms with Gasteiger partial charge < -0.3 is 10.3 Å². The Morgan fingerprint density at radius 1 is 1.22 bits per heavy atom. The average Bonchev–Trinajstić information content (AvgIpc) is 2.85. The lowest BCUT2D eigenvalue weighted by Gasteiger charge is -2.04. The molecule has 0 atom stereocenters. The summed E-state index contributed by atoms with van der Waals surface area (Å²) in [7, 11) is -3.99. The van der Waals surface area contributed by atoms with Crippen LogP contribution in [0.15, 0.2) is 16.8 Å². The highest BCUT2D eigenvalue weighted by molar-refractivity contribution is 7.85. The van der Waals surface area contributed by atoms with E-state index >= 15 is 0 Å². The van der Waals surface area contributed by atoms with Gasteiger partial charge in [-0.3, -0.25) is 9.35 Å². The molecule has 2 rings (SSSR count). The van der Waals surface area contributed by atoms with E-state index in [0.717, 1.165) is 45.8 Å². The smallest absolute Gasteiger partial charge is 0.265 e. The summed E-state index contributed by atoms with van der Waals surface area (Å²) in [6, 6.07) is 0. The lowest BCUT2D eigenvalue weighted by molar-refractivity contribution is -0.116. The van der Waals surface area contributed by atoms with Crippen molar-refractivity contribution in [1.29, 1.82) is 0 Å². The summed E-state index contributed by atoms with van der Waals surface area (Å²) in [4.78, 5) is 15.0. The summed E-state index contributed by atoms with van der Waals surface area (Å²) < 4.78 is 30.8. The fraction of sp³-hybridized carbons (Fsp3) is 0.438. The largest absolute Gasteiger partial charge is 0.359 e. The van der Waals surface area contributed by atoms with Gasteiger partial charge in [0, 0.05) is 22.7 Å². The molecule has 0 aliphatic carbocycles. The van der Waals surface area contributed by atoms with Crippen LogP contribution in [0, 0.1) is 13.8 Å². The SMILES string of the molecule is CCC1=C(C)C(=O)N/C1=C\c1[nH]c(C)c(CCS(=O)(=O)O)c1C. The molecule has 1 aromatic heterocycles. The van der Waals surface area contributed by atoms with E-state index in [0.29, 0.717) is 0 Å². The summed E-state index contributed by atoms with van der Waals surface area (Å²) in [5.41, 5.74) is 5.99. The van der Waals surface area contributed by atoms with Gasteiger partial charge in [-0.2, -0.15) is 8.42 Å². The maximum Gasteiger partial charge on any atom is 0.265 e. The molecule has 2 heterocycles. The molecule has 3 N–H and O–H groups in total. The number of allylic oxidation sites excluding steroid dienone is 1. The number of carbonyl (C=O) groups is 1. The number of hydrogen-bond donors (Lipinski definition) is 3. The summed E-state index contributed by atoms with van der Waals surface area (Å²) >= 11 is 0. The highest BCUT2D eigenvalue weighted by Gasteiger charge is 2.23. The minimum absolute atomic E-state index is 0.0828. The van der Waals surface area contributed by atoms with Crippen LogP contribution in [0.1, 0.15) is 42.8 Å². The molecule has 0 radical (unpaired) electrons. The number of aromatic amines is 1. The van der Waals surface area contributed by atoms with Gasteiger partial charge in [-0.25, -0.2) is 0 Å². The Kier molecular flexibility index (Phi) is 4.81. The lowest BCUT2D eigenvalue weighted by Crippen LogP contribution is -2.15. The number of aryl methyl sites for hydroxylation is 1. The van der Waals surface area contributed by atoms with Crippen LogP contribution in [-0.4, -0.2) is 29.6 Å². The maximum absolute atomic E-state index is 11.8. The first-order valence-electron chi connectivity index (χ1n) is 7.50. The monoisotopic (exact) mass is 338 g/mol. The molecule has 0 aromatic carbocycles. The van der Waals surface area contributed by atoms with E-state index in [1.54, 1.807) is 6.92 Å². The van der Waals surface area contributed by atoms with Crippen LogP contribution >= 0.6 is 0 Å². The fourth-order valence-corrected chi connectivity index (χ4v) is 3.38. The topological polar surface area (TPSA) is 99.3 Å². The van der Waals surface area contributed by atoms with Crippen molar-refractivity contribution in [3.05, 3.63) is 39.4 Å². The van der Waals surface area contributed by atoms with Crippen LogP contribution in [-0.2, 0) is 21.3 Å². The maximum atomic E-state index is 11.8. The predicted molar refractivity (Wildman–Crippen MR) is 89.5 cm³/mol. The van der Waals surface area contributed by atoms with Crippen molar-refractivity contribution in [1.82, 2.24) is 10.3 Å². The third-order valence-electron chi connectivity index (χ3n) is 4.25. The van der Waals surface area contributed by atoms with Crippen molar-refractivity contribution < 1.29 is 17.8 Å². The molecular formula is C16H22N2O4S. The molecule has 0 spiro atoms. The molecular weight excluding hydrogens is 316 g/mol. The van der Waals surface area contributed by atoms with Gasteiger partial charge in [0.25, 0.3) is 16.0 Å². The molecule has 0 unspecified atom stereocenters. The third kappa shape index (κ3) is 3.73. The van der Waals surface area contributed by atoms with E-state index in [1.807, 2.05) is 26.8 Å². The van der Waals surface area contributed by atoms with Crippen LogP contribution < -0.4 is 5.32 Å². The van der Waals surface area contributed by atoms with E-state index in [1.165, 1.54) is 0 Å². The number of nitrogens with one attached hydrogen (secondary N) is 2. The average molecular weight is 338 g/mol. The standard InChI is InChI=1S/C16H22N2O4S/c1-5-12-10(3)16(19)18-15(12)8-14-9(2)13(11(4)17-14)6-7-23(20,21)22/h8,17H,5-7H2,1-4H3,(H,18,19)(H,20,21,22)/b15-8-. The molecule has 6 nitrogen and oxygen atoms in total. The van der Waals surface area contributed by atoms with Crippen molar-refractivity contribution in [2.45, 2.75) is 40.5 Å². The molecule has 0 fully saturated rings. The number of H-pyrrole nitrogens is 1. The Hall–Kier alpha value is -1.86. The van der Waals surface area contributed by atoms with Gasteiger partial charge in [0.15, 0.2) is 0 Å². The first-order chi connectivity index (χ1) is 10.6. The highest BCUT2D eigenvalue weighted by Crippen LogP contribution is 2.27. The number of amides is 1. The number of carbonyl (C=O) groups excluding carboxylic acids is 1. The van der Waals surface area contributed by atoms with E-state index in [4.69, 9.17) is 4.55 Å². The van der Waals surface area contributed by atoms with Crippen LogP contribution in [0.3, 0.4) is 0 Å². The molecule has 1 aromatic rings. The molecule has 126 valence electrons. The van der Waals surface area contributed by atoms with Gasteiger partial charge in [-0.15, -0.1) is 0 Å². The van der Waals surface area contributed by atoms with Crippen LogP contribution in [0.4, 0.5) is 0 Å². The van der Waals surface area contributed by atoms with Crippen LogP contribution in [0.2, 0.25) is 0 Å². The Labute approximate surface area is 136 Å². The second kappa shape index (κ2) is 6.33. The van der Waals surface area contributed by atoms with E-state index in [2.05, 4.69) is 10.3 Å². The summed E-state index contributed by atoms with van der Waals surface area (Å²) in [5.74, 6) is -0.390. The first kappa shape index (κ1) is 17.5. The summed E-state index contributed by atoms with van der Waals surface area (Å²) in [5, 5.41) is 2.86. The Morgan fingerprint density at radius 3 is 2.43 bits per heavy atom. The van der Waals surface area contributed by atoms with Crippen LogP contribution in [0.25, 0.3) is 6.08 Å². The number of aromatic nitrogens is 1. The van der Waals surface area contributed by atoms with Gasteiger partial charge in [0.1, 0.15) is 0 Å². The van der Waals surface area contributed by atoms with E-state index < -0.39 is 10.1 Å². The van der Waals surface area contributed by atoms with Crippen molar-refractivity contribution in [3.8, 4) is 0 Å². The number of rotatable bonds is 5. The van der Waals surface area contributed by atoms with Gasteiger partial charge in [0.05, 0.1) is 5.75 Å². The highest BCUT2D eigenvalue weighted by atomic mass is 32.2. The van der Waals surface area contributed by atoms with E-state index in [-0.39, 0.29) is 18.1 Å². The summed E-state index contributed by atoms with van der Waals surface area (Å²) in [6.45, 7) is 7.56. The molecule has 0 saturated heterocycles. The molecule has 7 heteroatoms. The van der Waals surface area contributed by atoms with Crippen molar-refractivity contribution in [2.75, 3.05) is 5.75 Å². The summed E-state index contributed by atoms with van der Waals surface area (Å²) in [6.07, 6.45) is 2.88. The first-order valence-corrected chi connectivity index (χ1v) is 9.11. The zero-order valence-corrected chi connectivity index (χ0v) is 14.6. The molecule has 0 bridgehead atoms. The van der Waals surface area contributed by atoms with Gasteiger partial charge in [-0.1, -0.05) is 6.92 Å². The Balaban J connectivity index is 2.36. The second-order valence-electron chi connectivity index (χ2n) is 5.77. The van der Waals surface area contributed by atoms with Crippen molar-refractivity contribution in [2.24, 2.45) is 0 Å². The third-order valence-corrected chi connectivity index (χ3v) is 4.97. The zero-order valence-electron chi connectivity index (χ0n) is 13.8. The lowest BCUT2D eigenvalue weighted by atomic mass is 10.0. The van der Waals surface area contributed by atoms with Gasteiger partial charge in [0.2, 0.25) is 0 Å². The second-order valence-corrected chi connectivity index (χ2v) is 7.34. The van der Waals surface area contributed by atoms with Crippen molar-refractivity contribution in [3.63, 3.8) is 0 Å². The minimum atomic E-state index is -3.99. The normalized spacial score (nSPS) is 17.3. The minimum Gasteiger partial charge on any atom is -0.359 e. The van der Waals surface area contributed by atoms with Gasteiger partial charge in [-0.05, 0) is 56.4 Å². The molecule has 1 aliphatic heterocycles. The molecule has 23 heavy (non-hydrogen) atoms. The Bertz CT molecular complexity index is 813. The quantitative estimate of drug-likeness (QED) is 0.717.